The molecule has 0 aliphatic heterocycles. The van der Waals surface area contributed by atoms with Crippen molar-refractivity contribution in [2.45, 2.75) is 4.93 Å². The van der Waals surface area contributed by atoms with Gasteiger partial charge in [0.2, 0.25) is 0 Å². The first kappa shape index (κ1) is 14.6. The van der Waals surface area contributed by atoms with Crippen LogP contribution >= 0.6 is 0 Å². The van der Waals surface area contributed by atoms with Crippen LogP contribution in [-0.2, 0) is 34.4 Å². The van der Waals surface area contributed by atoms with Crippen LogP contribution in [0.15, 0.2) is 30.3 Å². The van der Waals surface area contributed by atoms with Crippen molar-refractivity contribution in [1.29, 1.82) is 0 Å². The number of carbonyl (C=O) groups is 1. The van der Waals surface area contributed by atoms with Crippen molar-refractivity contribution in [3.05, 3.63) is 35.9 Å². The van der Waals surface area contributed by atoms with Crippen LogP contribution in [0.4, 0.5) is 0 Å². The van der Waals surface area contributed by atoms with Gasteiger partial charge in [-0.15, -0.1) is 0 Å². The first-order valence-corrected chi connectivity index (χ1v) is 6.17. The second-order valence-electron chi connectivity index (χ2n) is 3.20. The molecule has 8 heteroatoms. The lowest BCUT2D eigenvalue weighted by molar-refractivity contribution is -0.266. The van der Waals surface area contributed by atoms with Gasteiger partial charge in [0, 0.05) is 12.7 Å². The van der Waals surface area contributed by atoms with Crippen molar-refractivity contribution in [2.75, 3.05) is 14.2 Å². The van der Waals surface area contributed by atoms with Gasteiger partial charge in [0.25, 0.3) is 0 Å². The average molecular weight is 276 g/mol. The number of benzene rings is 1. The minimum absolute atomic E-state index is 0.1000. The highest BCUT2D eigenvalue weighted by molar-refractivity contribution is 7.87. The summed E-state index contributed by atoms with van der Waals surface area (Å²) in [7, 11) is -2.95. The molecule has 0 fully saturated rings. The highest BCUT2D eigenvalue weighted by Gasteiger charge is 2.55. The van der Waals surface area contributed by atoms with Gasteiger partial charge in [0.05, 0.1) is 7.11 Å². The van der Waals surface area contributed by atoms with Gasteiger partial charge < -0.3 is 4.74 Å². The van der Waals surface area contributed by atoms with Crippen molar-refractivity contribution >= 4 is 16.1 Å². The molecule has 1 aromatic rings. The van der Waals surface area contributed by atoms with E-state index in [0.717, 1.165) is 14.2 Å². The van der Waals surface area contributed by atoms with Gasteiger partial charge in [-0.25, -0.2) is 4.79 Å². The summed E-state index contributed by atoms with van der Waals surface area (Å²) in [6.07, 6.45) is 0. The van der Waals surface area contributed by atoms with E-state index in [1.165, 1.54) is 24.3 Å². The maximum atomic E-state index is 11.7. The van der Waals surface area contributed by atoms with E-state index in [9.17, 15) is 17.8 Å². The maximum Gasteiger partial charge on any atom is 0.396 e. The zero-order valence-corrected chi connectivity index (χ0v) is 10.5. The summed E-state index contributed by atoms with van der Waals surface area (Å²) in [6.45, 7) is 0. The smallest absolute Gasteiger partial charge is 0.348 e. The van der Waals surface area contributed by atoms with Gasteiger partial charge in [-0.2, -0.15) is 13.3 Å². The van der Waals surface area contributed by atoms with Crippen molar-refractivity contribution in [1.82, 2.24) is 0 Å². The first-order chi connectivity index (χ1) is 8.40. The monoisotopic (exact) mass is 276 g/mol. The lowest BCUT2D eigenvalue weighted by atomic mass is 10.1. The van der Waals surface area contributed by atoms with Crippen molar-refractivity contribution < 1.29 is 32.3 Å². The molecule has 1 atom stereocenters. The van der Waals surface area contributed by atoms with Gasteiger partial charge >= 0.3 is 21.0 Å². The van der Waals surface area contributed by atoms with E-state index in [-0.39, 0.29) is 5.56 Å². The molecule has 0 heterocycles. The summed E-state index contributed by atoms with van der Waals surface area (Å²) >= 11 is 0. The fourth-order valence-electron chi connectivity index (χ4n) is 1.47. The third-order valence-electron chi connectivity index (χ3n) is 2.23. The molecule has 7 nitrogen and oxygen atoms in total. The van der Waals surface area contributed by atoms with E-state index < -0.39 is 21.0 Å². The van der Waals surface area contributed by atoms with Gasteiger partial charge in [0.15, 0.2) is 0 Å². The Hall–Kier alpha value is -1.48. The molecular weight excluding hydrogens is 264 g/mol. The summed E-state index contributed by atoms with van der Waals surface area (Å²) in [4.78, 5) is 17.4. The lowest BCUT2D eigenvalue weighted by Gasteiger charge is -2.25. The Morgan fingerprint density at radius 1 is 1.22 bits per heavy atom. The van der Waals surface area contributed by atoms with Crippen LogP contribution in [0.1, 0.15) is 5.56 Å². The minimum Gasteiger partial charge on any atom is -0.348 e. The molecule has 0 amide bonds. The fraction of sp³-hybridized carbons (Fsp3) is 0.300. The lowest BCUT2D eigenvalue weighted by Crippen LogP contribution is -2.46. The van der Waals surface area contributed by atoms with Crippen LogP contribution in [0.3, 0.4) is 0 Å². The fourth-order valence-corrected chi connectivity index (χ4v) is 2.36. The van der Waals surface area contributed by atoms with Crippen molar-refractivity contribution in [3.63, 3.8) is 0 Å². The molecule has 1 unspecified atom stereocenters. The number of methoxy groups -OCH3 is 1. The standard InChI is InChI=1S/C10H12O7S/c1-15-10(18(12,13)14,9(11)17-16-2)8-6-4-3-5-7-8/h3-7H,1-2H3,(H,12,13,14). The van der Waals surface area contributed by atoms with Crippen LogP contribution in [-0.4, -0.2) is 33.2 Å². The van der Waals surface area contributed by atoms with Crippen LogP contribution in [0.2, 0.25) is 0 Å². The van der Waals surface area contributed by atoms with E-state index in [2.05, 4.69) is 9.78 Å². The molecule has 1 rings (SSSR count). The third-order valence-corrected chi connectivity index (χ3v) is 3.53. The predicted molar refractivity (Wildman–Crippen MR) is 59.8 cm³/mol. The summed E-state index contributed by atoms with van der Waals surface area (Å²) in [5, 5.41) is 0. The van der Waals surface area contributed by atoms with Crippen LogP contribution < -0.4 is 0 Å². The molecular formula is C10H12O7S. The Balaban J connectivity index is 3.48. The number of rotatable bonds is 5. The molecule has 0 spiro atoms. The van der Waals surface area contributed by atoms with Gasteiger partial charge in [-0.05, 0) is 0 Å². The van der Waals surface area contributed by atoms with E-state index in [4.69, 9.17) is 4.74 Å². The van der Waals surface area contributed by atoms with Gasteiger partial charge in [0.1, 0.15) is 0 Å². The summed E-state index contributed by atoms with van der Waals surface area (Å²) in [6, 6.07) is 7.17. The quantitative estimate of drug-likeness (QED) is 0.474. The van der Waals surface area contributed by atoms with Crippen LogP contribution in [0, 0.1) is 0 Å². The molecule has 0 bridgehead atoms. The molecule has 18 heavy (non-hydrogen) atoms. The third kappa shape index (κ3) is 2.36. The Kier molecular flexibility index (Phi) is 4.41. The Morgan fingerprint density at radius 3 is 2.17 bits per heavy atom. The minimum atomic E-state index is -4.93. The van der Waals surface area contributed by atoms with E-state index >= 15 is 0 Å². The average Bonchev–Trinajstić information content (AvgIpc) is 2.30. The molecule has 0 aliphatic rings. The summed E-state index contributed by atoms with van der Waals surface area (Å²) in [5.41, 5.74) is -0.1000. The van der Waals surface area contributed by atoms with E-state index in [1.54, 1.807) is 6.07 Å². The molecule has 0 saturated heterocycles. The van der Waals surface area contributed by atoms with Gasteiger partial charge in [-0.3, -0.25) is 9.44 Å². The number of ether oxygens (including phenoxy) is 1. The molecule has 0 aliphatic carbocycles. The second kappa shape index (κ2) is 5.44. The molecule has 0 saturated carbocycles. The molecule has 100 valence electrons. The highest BCUT2D eigenvalue weighted by Crippen LogP contribution is 2.32. The highest BCUT2D eigenvalue weighted by atomic mass is 32.2. The second-order valence-corrected chi connectivity index (χ2v) is 4.72. The largest absolute Gasteiger partial charge is 0.396 e. The van der Waals surface area contributed by atoms with E-state index in [1.807, 2.05) is 0 Å². The number of hydrogen-bond donors (Lipinski definition) is 1. The molecule has 0 aromatic heterocycles. The van der Waals surface area contributed by atoms with Crippen molar-refractivity contribution in [3.8, 4) is 0 Å². The SMILES string of the molecule is COOC(=O)C(OC)(c1ccccc1)S(=O)(=O)O. The molecule has 1 N–H and O–H groups in total. The number of hydrogen-bond acceptors (Lipinski definition) is 6. The maximum absolute atomic E-state index is 11.7. The van der Waals surface area contributed by atoms with Crippen LogP contribution in [0.25, 0.3) is 0 Å². The normalized spacial score (nSPS) is 14.8. The Labute approximate surface area is 104 Å². The predicted octanol–water partition coefficient (Wildman–Crippen LogP) is 0.478. The zero-order chi connectivity index (χ0) is 13.8. The van der Waals surface area contributed by atoms with E-state index in [0.29, 0.717) is 0 Å². The van der Waals surface area contributed by atoms with Gasteiger partial charge in [-0.1, -0.05) is 30.3 Å². The first-order valence-electron chi connectivity index (χ1n) is 4.73. The summed E-state index contributed by atoms with van der Waals surface area (Å²) < 4.78 is 36.9. The topological polar surface area (TPSA) is 99.1 Å². The Bertz CT molecular complexity index is 510. The van der Waals surface area contributed by atoms with Crippen molar-refractivity contribution in [2.24, 2.45) is 0 Å². The zero-order valence-electron chi connectivity index (χ0n) is 9.69. The Morgan fingerprint density at radius 2 is 1.78 bits per heavy atom. The molecule has 1 aromatic carbocycles. The van der Waals surface area contributed by atoms with Crippen LogP contribution in [0.5, 0.6) is 0 Å². The molecule has 0 radical (unpaired) electrons. The number of carbonyl (C=O) groups excluding carboxylic acids is 1. The summed E-state index contributed by atoms with van der Waals surface area (Å²) in [5.74, 6) is -1.40.